The molecule has 0 aliphatic carbocycles. The van der Waals surface area contributed by atoms with Crippen LogP contribution >= 0.6 is 0 Å². The maximum absolute atomic E-state index is 13.9. The number of piperidine rings is 2. The topological polar surface area (TPSA) is 41.6 Å². The molecule has 1 spiro atoms. The molecule has 9 heteroatoms. The van der Waals surface area contributed by atoms with Crippen molar-refractivity contribution in [1.29, 1.82) is 0 Å². The molecular formula is C26H29F5N2O2. The van der Waals surface area contributed by atoms with Crippen LogP contribution in [0.1, 0.15) is 47.8 Å². The number of carbonyl (C=O) groups excluding carboxylic acids is 1. The van der Waals surface area contributed by atoms with Gasteiger partial charge in [0.2, 0.25) is 5.91 Å². The zero-order valence-electron chi connectivity index (χ0n) is 19.5. The third-order valence-electron chi connectivity index (χ3n) is 7.51. The first-order valence-electron chi connectivity index (χ1n) is 11.8. The first-order chi connectivity index (χ1) is 16.6. The highest BCUT2D eigenvalue weighted by atomic mass is 19.4. The van der Waals surface area contributed by atoms with E-state index in [0.717, 1.165) is 18.5 Å². The number of hydrogen-bond donors (Lipinski definition) is 1. The van der Waals surface area contributed by atoms with Crippen LogP contribution in [0, 0.1) is 12.3 Å². The molecule has 0 radical (unpaired) electrons. The predicted molar refractivity (Wildman–Crippen MR) is 122 cm³/mol. The summed E-state index contributed by atoms with van der Waals surface area (Å²) in [6.45, 7) is 0.531. The van der Waals surface area contributed by atoms with Gasteiger partial charge in [-0.25, -0.2) is 0 Å². The summed E-state index contributed by atoms with van der Waals surface area (Å²) < 4.78 is 72.8. The van der Waals surface area contributed by atoms with Crippen LogP contribution in [0.15, 0.2) is 48.5 Å². The minimum atomic E-state index is -4.70. The number of halogens is 5. The number of ether oxygens (including phenoxy) is 1. The molecular weight excluding hydrogens is 467 g/mol. The molecule has 35 heavy (non-hydrogen) atoms. The van der Waals surface area contributed by atoms with E-state index in [0.29, 0.717) is 24.9 Å². The fraction of sp³-hybridized carbons (Fsp3) is 0.500. The molecule has 4 nitrogen and oxygen atoms in total. The van der Waals surface area contributed by atoms with Crippen LogP contribution in [0.2, 0.25) is 0 Å². The van der Waals surface area contributed by atoms with Crippen LogP contribution in [0.5, 0.6) is 5.75 Å². The van der Waals surface area contributed by atoms with Gasteiger partial charge in [0, 0.05) is 31.1 Å². The Morgan fingerprint density at radius 2 is 1.74 bits per heavy atom. The Morgan fingerprint density at radius 3 is 2.37 bits per heavy atom. The lowest BCUT2D eigenvalue weighted by molar-refractivity contribution is -0.173. The second-order valence-electron chi connectivity index (χ2n) is 9.44. The molecule has 0 saturated carbocycles. The van der Waals surface area contributed by atoms with E-state index in [1.54, 1.807) is 12.1 Å². The SMILES string of the molecule is Cc1cccc(OC(F)F)c1C1CNCCC12CCN(C(=O)C(c1ccccc1)C(F)(F)F)CC2. The van der Waals surface area contributed by atoms with Gasteiger partial charge < -0.3 is 15.0 Å². The van der Waals surface area contributed by atoms with E-state index >= 15 is 0 Å². The second kappa shape index (κ2) is 10.1. The normalized spacial score (nSPS) is 21.2. The largest absolute Gasteiger partial charge is 0.435 e. The lowest BCUT2D eigenvalue weighted by Crippen LogP contribution is -2.52. The first-order valence-corrected chi connectivity index (χ1v) is 11.8. The van der Waals surface area contributed by atoms with Gasteiger partial charge in [-0.2, -0.15) is 22.0 Å². The van der Waals surface area contributed by atoms with Gasteiger partial charge in [0.05, 0.1) is 0 Å². The number of hydrogen-bond acceptors (Lipinski definition) is 3. The number of aryl methyl sites for hydroxylation is 1. The quantitative estimate of drug-likeness (QED) is 0.546. The first kappa shape index (κ1) is 25.4. The third-order valence-corrected chi connectivity index (χ3v) is 7.51. The summed E-state index contributed by atoms with van der Waals surface area (Å²) in [7, 11) is 0. The number of carbonyl (C=O) groups is 1. The van der Waals surface area contributed by atoms with Crippen molar-refractivity contribution in [2.45, 2.75) is 50.8 Å². The van der Waals surface area contributed by atoms with Crippen molar-refractivity contribution in [1.82, 2.24) is 10.2 Å². The molecule has 1 amide bonds. The molecule has 190 valence electrons. The third kappa shape index (κ3) is 5.29. The Morgan fingerprint density at radius 1 is 1.06 bits per heavy atom. The van der Waals surface area contributed by atoms with Gasteiger partial charge in [-0.15, -0.1) is 0 Å². The van der Waals surface area contributed by atoms with Gasteiger partial charge >= 0.3 is 12.8 Å². The molecule has 4 rings (SSSR count). The number of nitrogens with one attached hydrogen (secondary N) is 1. The predicted octanol–water partition coefficient (Wildman–Crippen LogP) is 5.63. The van der Waals surface area contributed by atoms with Gasteiger partial charge in [-0.3, -0.25) is 4.79 Å². The summed E-state index contributed by atoms with van der Waals surface area (Å²) >= 11 is 0. The van der Waals surface area contributed by atoms with Crippen LogP contribution in [0.3, 0.4) is 0 Å². The average molecular weight is 497 g/mol. The van der Waals surface area contributed by atoms with Crippen LogP contribution in [-0.2, 0) is 4.79 Å². The van der Waals surface area contributed by atoms with Crippen molar-refractivity contribution >= 4 is 5.91 Å². The molecule has 0 bridgehead atoms. The number of likely N-dealkylation sites (tertiary alicyclic amines) is 1. The Balaban J connectivity index is 1.58. The zero-order chi connectivity index (χ0) is 25.2. The molecule has 2 aliphatic heterocycles. The van der Waals surface area contributed by atoms with Gasteiger partial charge in [-0.1, -0.05) is 42.5 Å². The van der Waals surface area contributed by atoms with Crippen LogP contribution in [0.25, 0.3) is 0 Å². The lowest BCUT2D eigenvalue weighted by Gasteiger charge is -2.50. The van der Waals surface area contributed by atoms with Gasteiger partial charge in [0.1, 0.15) is 5.75 Å². The Labute approximate surface area is 201 Å². The Kier molecular flexibility index (Phi) is 7.35. The zero-order valence-corrected chi connectivity index (χ0v) is 19.5. The standard InChI is InChI=1S/C26H29F5N2O2/c1-17-6-5-9-20(35-24(27)28)21(17)19-16-32-13-10-25(19)11-14-33(15-12-25)23(34)22(26(29,30)31)18-7-3-2-4-8-18/h2-9,19,22,24,32H,10-16H2,1H3. The lowest BCUT2D eigenvalue weighted by atomic mass is 9.62. The van der Waals surface area contributed by atoms with E-state index in [1.807, 2.05) is 13.0 Å². The number of nitrogens with zero attached hydrogens (tertiary/aromatic N) is 1. The highest BCUT2D eigenvalue weighted by Crippen LogP contribution is 2.52. The monoisotopic (exact) mass is 496 g/mol. The van der Waals surface area contributed by atoms with E-state index < -0.39 is 24.6 Å². The van der Waals surface area contributed by atoms with E-state index in [4.69, 9.17) is 4.74 Å². The number of amides is 1. The highest BCUT2D eigenvalue weighted by Gasteiger charge is 2.50. The van der Waals surface area contributed by atoms with Crippen LogP contribution in [0.4, 0.5) is 22.0 Å². The van der Waals surface area contributed by atoms with Crippen molar-refractivity contribution in [3.63, 3.8) is 0 Å². The van der Waals surface area contributed by atoms with E-state index in [9.17, 15) is 26.7 Å². The fourth-order valence-corrected chi connectivity index (χ4v) is 5.75. The van der Waals surface area contributed by atoms with Crippen LogP contribution < -0.4 is 10.1 Å². The smallest absolute Gasteiger partial charge is 0.404 e. The maximum Gasteiger partial charge on any atom is 0.404 e. The molecule has 1 N–H and O–H groups in total. The van der Waals surface area contributed by atoms with Crippen molar-refractivity contribution < 1.29 is 31.5 Å². The van der Waals surface area contributed by atoms with E-state index in [-0.39, 0.29) is 35.7 Å². The van der Waals surface area contributed by atoms with Crippen molar-refractivity contribution in [2.24, 2.45) is 5.41 Å². The van der Waals surface area contributed by atoms with Crippen molar-refractivity contribution in [2.75, 3.05) is 26.2 Å². The molecule has 2 aliphatic rings. The summed E-state index contributed by atoms with van der Waals surface area (Å²) in [5.74, 6) is -3.17. The molecule has 2 fully saturated rings. The van der Waals surface area contributed by atoms with Crippen molar-refractivity contribution in [3.05, 3.63) is 65.2 Å². The minimum Gasteiger partial charge on any atom is -0.435 e. The van der Waals surface area contributed by atoms with Gasteiger partial charge in [-0.05, 0) is 55.3 Å². The van der Waals surface area contributed by atoms with E-state index in [2.05, 4.69) is 5.32 Å². The number of alkyl halides is 5. The maximum atomic E-state index is 13.9. The molecule has 2 aromatic rings. The fourth-order valence-electron chi connectivity index (χ4n) is 5.75. The summed E-state index contributed by atoms with van der Waals surface area (Å²) in [6, 6.07) is 12.3. The Bertz CT molecular complexity index is 1020. The van der Waals surface area contributed by atoms with Gasteiger partial charge in [0.15, 0.2) is 5.92 Å². The molecule has 0 aromatic heterocycles. The van der Waals surface area contributed by atoms with Crippen LogP contribution in [-0.4, -0.2) is 49.8 Å². The average Bonchev–Trinajstić information content (AvgIpc) is 2.80. The minimum absolute atomic E-state index is 0.0706. The molecule has 2 atom stereocenters. The summed E-state index contributed by atoms with van der Waals surface area (Å²) in [5, 5.41) is 3.33. The molecule has 2 aromatic carbocycles. The number of benzene rings is 2. The molecule has 2 saturated heterocycles. The molecule has 2 unspecified atom stereocenters. The highest BCUT2D eigenvalue weighted by molar-refractivity contribution is 5.84. The van der Waals surface area contributed by atoms with Crippen molar-refractivity contribution in [3.8, 4) is 5.75 Å². The Hall–Kier alpha value is -2.68. The summed E-state index contributed by atoms with van der Waals surface area (Å²) in [5.41, 5.74) is 1.14. The summed E-state index contributed by atoms with van der Waals surface area (Å²) in [6.07, 6.45) is -2.98. The summed E-state index contributed by atoms with van der Waals surface area (Å²) in [4.78, 5) is 14.4. The van der Waals surface area contributed by atoms with Gasteiger partial charge in [0.25, 0.3) is 0 Å². The molecule has 2 heterocycles. The van der Waals surface area contributed by atoms with E-state index in [1.165, 1.54) is 35.2 Å². The second-order valence-corrected chi connectivity index (χ2v) is 9.44. The number of rotatable bonds is 5.